The van der Waals surface area contributed by atoms with Gasteiger partial charge in [-0.05, 0) is 54.8 Å². The molecule has 3 aromatic rings. The number of carbonyl (C=O) groups is 2. The third kappa shape index (κ3) is 5.43. The van der Waals surface area contributed by atoms with Crippen molar-refractivity contribution < 1.29 is 28.5 Å². The molecule has 1 aliphatic rings. The number of carbonyl (C=O) groups excluding carboxylic acids is 2. The molecule has 1 heterocycles. The van der Waals surface area contributed by atoms with Crippen LogP contribution in [-0.2, 0) is 9.59 Å². The number of rotatable bonds is 8. The summed E-state index contributed by atoms with van der Waals surface area (Å²) < 4.78 is 22.8. The molecule has 8 nitrogen and oxygen atoms in total. The van der Waals surface area contributed by atoms with Gasteiger partial charge in [-0.25, -0.2) is 0 Å². The summed E-state index contributed by atoms with van der Waals surface area (Å²) in [5.41, 5.74) is 3.01. The van der Waals surface area contributed by atoms with Gasteiger partial charge in [0.15, 0.2) is 11.5 Å². The molecule has 1 aliphatic heterocycles. The summed E-state index contributed by atoms with van der Waals surface area (Å²) in [4.78, 5) is 29.0. The Hall–Kier alpha value is -3.72. The maximum atomic E-state index is 13.8. The number of nitrogens with zero attached hydrogens (tertiary/aromatic N) is 1. The van der Waals surface area contributed by atoms with Crippen LogP contribution in [0.5, 0.6) is 23.0 Å². The second-order valence-corrected chi connectivity index (χ2v) is 9.87. The highest BCUT2D eigenvalue weighted by Gasteiger charge is 2.42. The molecule has 1 saturated heterocycles. The van der Waals surface area contributed by atoms with Crippen LogP contribution in [0, 0.1) is 12.8 Å². The predicted molar refractivity (Wildman–Crippen MR) is 150 cm³/mol. The fraction of sp³-hybridized carbons (Fsp3) is 0.310. The van der Waals surface area contributed by atoms with Crippen molar-refractivity contribution in [3.63, 3.8) is 0 Å². The molecule has 4 rings (SSSR count). The Labute approximate surface area is 231 Å². The van der Waals surface area contributed by atoms with Crippen molar-refractivity contribution >= 4 is 39.1 Å². The molecule has 0 saturated carbocycles. The first-order chi connectivity index (χ1) is 18.3. The smallest absolute Gasteiger partial charge is 0.229 e. The van der Waals surface area contributed by atoms with Gasteiger partial charge in [0.1, 0.15) is 5.75 Å². The molecule has 0 unspecified atom stereocenters. The third-order valence-corrected chi connectivity index (χ3v) is 7.26. The van der Waals surface area contributed by atoms with E-state index < -0.39 is 12.0 Å². The lowest BCUT2D eigenvalue weighted by molar-refractivity contribution is -0.125. The number of ether oxygens (including phenoxy) is 4. The first-order valence-electron chi connectivity index (χ1n) is 12.1. The van der Waals surface area contributed by atoms with Gasteiger partial charge in [0, 0.05) is 28.7 Å². The number of anilines is 2. The summed E-state index contributed by atoms with van der Waals surface area (Å²) in [6.45, 7) is 1.94. The van der Waals surface area contributed by atoms with Crippen LogP contribution in [0.15, 0.2) is 59.1 Å². The Kier molecular flexibility index (Phi) is 8.46. The topological polar surface area (TPSA) is 86.3 Å². The quantitative estimate of drug-likeness (QED) is 0.355. The van der Waals surface area contributed by atoms with Gasteiger partial charge in [0.25, 0.3) is 0 Å². The molecule has 1 N–H and O–H groups in total. The Bertz CT molecular complexity index is 1300. The minimum absolute atomic E-state index is 0.107. The highest BCUT2D eigenvalue weighted by atomic mass is 79.9. The SMILES string of the molecule is COc1ccc([C@@H]2[C@@H](C(=O)Nc3ccc(Br)cc3C)CCC(=O)N2c2cc(OC)c(OC)c(OC)c2)cc1. The molecule has 0 bridgehead atoms. The van der Waals surface area contributed by atoms with Crippen molar-refractivity contribution in [1.29, 1.82) is 0 Å². The number of halogens is 1. The largest absolute Gasteiger partial charge is 0.497 e. The number of amides is 2. The Morgan fingerprint density at radius 1 is 0.921 bits per heavy atom. The van der Waals surface area contributed by atoms with Crippen LogP contribution in [0.2, 0.25) is 0 Å². The zero-order valence-corrected chi connectivity index (χ0v) is 23.6. The summed E-state index contributed by atoms with van der Waals surface area (Å²) in [5, 5.41) is 3.09. The molecule has 0 spiro atoms. The molecule has 0 aromatic heterocycles. The van der Waals surface area contributed by atoms with Gasteiger partial charge in [-0.15, -0.1) is 0 Å². The third-order valence-electron chi connectivity index (χ3n) is 6.77. The molecule has 38 heavy (non-hydrogen) atoms. The van der Waals surface area contributed by atoms with Crippen LogP contribution < -0.4 is 29.2 Å². The second kappa shape index (κ2) is 11.8. The Morgan fingerprint density at radius 3 is 2.13 bits per heavy atom. The molecule has 2 atom stereocenters. The summed E-state index contributed by atoms with van der Waals surface area (Å²) in [6.07, 6.45) is 0.610. The van der Waals surface area contributed by atoms with Gasteiger partial charge in [-0.2, -0.15) is 0 Å². The van der Waals surface area contributed by atoms with Crippen LogP contribution >= 0.6 is 15.9 Å². The minimum atomic E-state index is -0.583. The van der Waals surface area contributed by atoms with Gasteiger partial charge < -0.3 is 29.2 Å². The maximum absolute atomic E-state index is 13.8. The fourth-order valence-corrected chi connectivity index (χ4v) is 5.33. The van der Waals surface area contributed by atoms with Crippen molar-refractivity contribution in [2.75, 3.05) is 38.7 Å². The van der Waals surface area contributed by atoms with Crippen LogP contribution in [-0.4, -0.2) is 40.3 Å². The number of aryl methyl sites for hydroxylation is 1. The zero-order valence-electron chi connectivity index (χ0n) is 22.0. The van der Waals surface area contributed by atoms with Crippen molar-refractivity contribution in [3.8, 4) is 23.0 Å². The Balaban J connectivity index is 1.82. The van der Waals surface area contributed by atoms with Crippen LogP contribution in [0.3, 0.4) is 0 Å². The van der Waals surface area contributed by atoms with Crippen molar-refractivity contribution in [2.24, 2.45) is 5.92 Å². The van der Waals surface area contributed by atoms with Crippen LogP contribution in [0.1, 0.15) is 30.0 Å². The van der Waals surface area contributed by atoms with Gasteiger partial charge in [-0.1, -0.05) is 28.1 Å². The predicted octanol–water partition coefficient (Wildman–Crippen LogP) is 5.91. The highest BCUT2D eigenvalue weighted by Crippen LogP contribution is 2.46. The molecule has 2 amide bonds. The van der Waals surface area contributed by atoms with E-state index in [-0.39, 0.29) is 18.2 Å². The first kappa shape index (κ1) is 27.3. The van der Waals surface area contributed by atoms with Crippen molar-refractivity contribution in [3.05, 3.63) is 70.2 Å². The number of hydrogen-bond acceptors (Lipinski definition) is 6. The van der Waals surface area contributed by atoms with Gasteiger partial charge in [0.2, 0.25) is 17.6 Å². The highest BCUT2D eigenvalue weighted by molar-refractivity contribution is 9.10. The normalized spacial score (nSPS) is 17.1. The maximum Gasteiger partial charge on any atom is 0.229 e. The van der Waals surface area contributed by atoms with E-state index in [1.165, 1.54) is 21.3 Å². The summed E-state index contributed by atoms with van der Waals surface area (Å²) >= 11 is 3.47. The lowest BCUT2D eigenvalue weighted by Gasteiger charge is -2.41. The number of benzene rings is 3. The Morgan fingerprint density at radius 2 is 1.58 bits per heavy atom. The van der Waals surface area contributed by atoms with E-state index in [9.17, 15) is 9.59 Å². The molecule has 0 aliphatic carbocycles. The lowest BCUT2D eigenvalue weighted by Crippen LogP contribution is -2.47. The zero-order chi connectivity index (χ0) is 27.4. The molecule has 0 radical (unpaired) electrons. The molecule has 9 heteroatoms. The van der Waals surface area contributed by atoms with Gasteiger partial charge in [0.05, 0.1) is 46.1 Å². The standard InChI is InChI=1S/C29H31BrN2O6/c1-17-14-19(30)8-12-23(17)31-29(34)22-11-13-26(33)32(27(22)18-6-9-21(35-2)10-7-18)20-15-24(36-3)28(38-5)25(16-20)37-4/h6-10,12,14-16,22,27H,11,13H2,1-5H3,(H,31,34)/t22-,27+/m0/s1. The van der Waals surface area contributed by atoms with E-state index in [2.05, 4.69) is 21.2 Å². The molecular formula is C29H31BrN2O6. The van der Waals surface area contributed by atoms with Crippen molar-refractivity contribution in [1.82, 2.24) is 0 Å². The number of methoxy groups -OCH3 is 4. The average Bonchev–Trinajstić information content (AvgIpc) is 2.93. The van der Waals surface area contributed by atoms with Crippen LogP contribution in [0.4, 0.5) is 11.4 Å². The summed E-state index contributed by atoms with van der Waals surface area (Å²) in [6, 6.07) is 16.0. The van der Waals surface area contributed by atoms with Crippen molar-refractivity contribution in [2.45, 2.75) is 25.8 Å². The minimum Gasteiger partial charge on any atom is -0.497 e. The number of piperidine rings is 1. The average molecular weight is 583 g/mol. The van der Waals surface area contributed by atoms with E-state index in [4.69, 9.17) is 18.9 Å². The fourth-order valence-electron chi connectivity index (χ4n) is 4.85. The molecule has 200 valence electrons. The number of hydrogen-bond donors (Lipinski definition) is 1. The van der Waals surface area contributed by atoms with Crippen LogP contribution in [0.25, 0.3) is 0 Å². The van der Waals surface area contributed by atoms with Gasteiger partial charge in [-0.3, -0.25) is 9.59 Å². The van der Waals surface area contributed by atoms with E-state index in [0.29, 0.717) is 35.1 Å². The van der Waals surface area contributed by atoms with E-state index in [1.54, 1.807) is 24.1 Å². The molecular weight excluding hydrogens is 552 g/mol. The van der Waals surface area contributed by atoms with E-state index in [1.807, 2.05) is 49.4 Å². The van der Waals surface area contributed by atoms with Gasteiger partial charge >= 0.3 is 0 Å². The number of nitrogens with one attached hydrogen (secondary N) is 1. The second-order valence-electron chi connectivity index (χ2n) is 8.96. The monoisotopic (exact) mass is 582 g/mol. The van der Waals surface area contributed by atoms with E-state index >= 15 is 0 Å². The molecule has 3 aromatic carbocycles. The lowest BCUT2D eigenvalue weighted by atomic mass is 9.83. The summed E-state index contributed by atoms with van der Waals surface area (Å²) in [7, 11) is 6.17. The molecule has 1 fully saturated rings. The van der Waals surface area contributed by atoms with E-state index in [0.717, 1.165) is 21.3 Å². The summed E-state index contributed by atoms with van der Waals surface area (Å²) in [5.74, 6) is 1.14. The first-order valence-corrected chi connectivity index (χ1v) is 12.9.